The van der Waals surface area contributed by atoms with Crippen molar-refractivity contribution in [2.45, 2.75) is 33.3 Å². The van der Waals surface area contributed by atoms with Crippen molar-refractivity contribution in [3.05, 3.63) is 45.7 Å². The summed E-state index contributed by atoms with van der Waals surface area (Å²) in [5.74, 6) is -0.0374. The standard InChI is InChI=1S/C14H16FNOS/c1-3-4-14-16-11(9-18-14)8-17-13-7-10(2)5-6-12(13)15/h5-7,9H,3-4,8H2,1-2H3. The molecular formula is C14H16FNOS. The molecule has 0 aliphatic rings. The third-order valence-corrected chi connectivity index (χ3v) is 3.48. The maximum Gasteiger partial charge on any atom is 0.165 e. The summed E-state index contributed by atoms with van der Waals surface area (Å²) in [4.78, 5) is 4.44. The zero-order valence-corrected chi connectivity index (χ0v) is 11.4. The summed E-state index contributed by atoms with van der Waals surface area (Å²) in [6.45, 7) is 4.36. The van der Waals surface area contributed by atoms with Crippen LogP contribution in [0.15, 0.2) is 23.6 Å². The van der Waals surface area contributed by atoms with E-state index in [0.29, 0.717) is 12.4 Å². The molecule has 1 aromatic heterocycles. The van der Waals surface area contributed by atoms with E-state index in [1.165, 1.54) is 6.07 Å². The predicted octanol–water partition coefficient (Wildman–Crippen LogP) is 4.12. The fourth-order valence-electron chi connectivity index (χ4n) is 1.62. The number of halogens is 1. The van der Waals surface area contributed by atoms with E-state index in [1.54, 1.807) is 23.5 Å². The average Bonchev–Trinajstić information content (AvgIpc) is 2.79. The van der Waals surface area contributed by atoms with Crippen molar-refractivity contribution in [3.63, 3.8) is 0 Å². The second-order valence-corrected chi connectivity index (χ2v) is 5.15. The molecule has 0 aliphatic heterocycles. The summed E-state index contributed by atoms with van der Waals surface area (Å²) in [7, 11) is 0. The van der Waals surface area contributed by atoms with Crippen LogP contribution in [0.4, 0.5) is 4.39 Å². The van der Waals surface area contributed by atoms with Crippen molar-refractivity contribution in [1.29, 1.82) is 0 Å². The highest BCUT2D eigenvalue weighted by atomic mass is 32.1. The second kappa shape index (κ2) is 5.96. The minimum atomic E-state index is -0.329. The molecule has 0 fully saturated rings. The highest BCUT2D eigenvalue weighted by molar-refractivity contribution is 7.09. The molecule has 2 rings (SSSR count). The first-order valence-electron chi connectivity index (χ1n) is 6.01. The Balaban J connectivity index is 1.99. The number of hydrogen-bond acceptors (Lipinski definition) is 3. The minimum absolute atomic E-state index is 0.292. The number of aryl methyl sites for hydroxylation is 2. The molecule has 0 unspecified atom stereocenters. The molecular weight excluding hydrogens is 249 g/mol. The van der Waals surface area contributed by atoms with Crippen LogP contribution in [0.1, 0.15) is 29.6 Å². The Morgan fingerprint density at radius 2 is 2.22 bits per heavy atom. The Kier molecular flexibility index (Phi) is 4.31. The first kappa shape index (κ1) is 13.0. The van der Waals surface area contributed by atoms with E-state index in [4.69, 9.17) is 4.74 Å². The normalized spacial score (nSPS) is 10.6. The number of nitrogens with zero attached hydrogens (tertiary/aromatic N) is 1. The Hall–Kier alpha value is -1.42. The Bertz CT molecular complexity index is 524. The summed E-state index contributed by atoms with van der Waals surface area (Å²) in [5.41, 5.74) is 1.85. The SMILES string of the molecule is CCCc1nc(COc2cc(C)ccc2F)cs1. The van der Waals surface area contributed by atoms with E-state index in [1.807, 2.05) is 12.3 Å². The van der Waals surface area contributed by atoms with Gasteiger partial charge in [0.1, 0.15) is 6.61 Å². The number of aromatic nitrogens is 1. The van der Waals surface area contributed by atoms with Gasteiger partial charge in [0.15, 0.2) is 11.6 Å². The molecule has 1 aromatic carbocycles. The number of benzene rings is 1. The van der Waals surface area contributed by atoms with Crippen LogP contribution >= 0.6 is 11.3 Å². The molecule has 0 amide bonds. The van der Waals surface area contributed by atoms with E-state index in [2.05, 4.69) is 11.9 Å². The van der Waals surface area contributed by atoms with Crippen molar-refractivity contribution in [2.24, 2.45) is 0 Å². The highest BCUT2D eigenvalue weighted by Crippen LogP contribution is 2.20. The van der Waals surface area contributed by atoms with E-state index >= 15 is 0 Å². The van der Waals surface area contributed by atoms with Gasteiger partial charge in [-0.25, -0.2) is 9.37 Å². The van der Waals surface area contributed by atoms with E-state index < -0.39 is 0 Å². The van der Waals surface area contributed by atoms with E-state index in [0.717, 1.165) is 29.1 Å². The molecule has 0 spiro atoms. The van der Waals surface area contributed by atoms with Crippen LogP contribution in [0, 0.1) is 12.7 Å². The van der Waals surface area contributed by atoms with Gasteiger partial charge in [-0.05, 0) is 37.5 Å². The molecule has 18 heavy (non-hydrogen) atoms. The minimum Gasteiger partial charge on any atom is -0.484 e. The number of rotatable bonds is 5. The lowest BCUT2D eigenvalue weighted by molar-refractivity contribution is 0.286. The lowest BCUT2D eigenvalue weighted by Crippen LogP contribution is -1.98. The van der Waals surface area contributed by atoms with Crippen LogP contribution in [0.3, 0.4) is 0 Å². The van der Waals surface area contributed by atoms with Gasteiger partial charge >= 0.3 is 0 Å². The molecule has 0 atom stereocenters. The summed E-state index contributed by atoms with van der Waals surface area (Å²) >= 11 is 1.63. The first-order valence-corrected chi connectivity index (χ1v) is 6.89. The van der Waals surface area contributed by atoms with Crippen LogP contribution in [0.25, 0.3) is 0 Å². The van der Waals surface area contributed by atoms with Crippen LogP contribution in [0.5, 0.6) is 5.75 Å². The van der Waals surface area contributed by atoms with Crippen molar-refractivity contribution < 1.29 is 9.13 Å². The molecule has 0 N–H and O–H groups in total. The Morgan fingerprint density at radius 1 is 1.39 bits per heavy atom. The van der Waals surface area contributed by atoms with Crippen molar-refractivity contribution >= 4 is 11.3 Å². The maximum absolute atomic E-state index is 13.5. The molecule has 96 valence electrons. The molecule has 0 saturated heterocycles. The molecule has 2 aromatic rings. The number of thiazole rings is 1. The number of hydrogen-bond donors (Lipinski definition) is 0. The fraction of sp³-hybridized carbons (Fsp3) is 0.357. The summed E-state index contributed by atoms with van der Waals surface area (Å²) in [5, 5.41) is 3.08. The van der Waals surface area contributed by atoms with Crippen molar-refractivity contribution in [1.82, 2.24) is 4.98 Å². The lowest BCUT2D eigenvalue weighted by atomic mass is 10.2. The van der Waals surface area contributed by atoms with Gasteiger partial charge in [0, 0.05) is 5.38 Å². The summed E-state index contributed by atoms with van der Waals surface area (Å²) in [6.07, 6.45) is 2.07. The van der Waals surface area contributed by atoms with Crippen LogP contribution in [-0.2, 0) is 13.0 Å². The van der Waals surface area contributed by atoms with Crippen molar-refractivity contribution in [3.8, 4) is 5.75 Å². The van der Waals surface area contributed by atoms with Gasteiger partial charge < -0.3 is 4.74 Å². The van der Waals surface area contributed by atoms with Gasteiger partial charge in [-0.15, -0.1) is 11.3 Å². The highest BCUT2D eigenvalue weighted by Gasteiger charge is 2.06. The molecule has 4 heteroatoms. The molecule has 0 bridgehead atoms. The van der Waals surface area contributed by atoms with Gasteiger partial charge in [-0.2, -0.15) is 0 Å². The monoisotopic (exact) mass is 265 g/mol. The predicted molar refractivity (Wildman–Crippen MR) is 71.6 cm³/mol. The Labute approximate surface area is 110 Å². The molecule has 2 nitrogen and oxygen atoms in total. The Morgan fingerprint density at radius 3 is 3.00 bits per heavy atom. The van der Waals surface area contributed by atoms with Gasteiger partial charge in [0.05, 0.1) is 10.7 Å². The lowest BCUT2D eigenvalue weighted by Gasteiger charge is -2.06. The van der Waals surface area contributed by atoms with Gasteiger partial charge in [-0.1, -0.05) is 13.0 Å². The molecule has 1 heterocycles. The van der Waals surface area contributed by atoms with Gasteiger partial charge in [-0.3, -0.25) is 0 Å². The molecule has 0 aliphatic carbocycles. The quantitative estimate of drug-likeness (QED) is 0.811. The van der Waals surface area contributed by atoms with Crippen LogP contribution in [0.2, 0.25) is 0 Å². The largest absolute Gasteiger partial charge is 0.484 e. The zero-order valence-electron chi connectivity index (χ0n) is 10.6. The summed E-state index contributed by atoms with van der Waals surface area (Å²) < 4.78 is 18.9. The zero-order chi connectivity index (χ0) is 13.0. The number of ether oxygens (including phenoxy) is 1. The molecule has 0 saturated carbocycles. The molecule has 0 radical (unpaired) electrons. The van der Waals surface area contributed by atoms with Crippen LogP contribution < -0.4 is 4.74 Å². The first-order chi connectivity index (χ1) is 8.69. The van der Waals surface area contributed by atoms with Crippen molar-refractivity contribution in [2.75, 3.05) is 0 Å². The fourth-order valence-corrected chi connectivity index (χ4v) is 2.50. The maximum atomic E-state index is 13.5. The van der Waals surface area contributed by atoms with Crippen LogP contribution in [-0.4, -0.2) is 4.98 Å². The second-order valence-electron chi connectivity index (χ2n) is 4.21. The topological polar surface area (TPSA) is 22.1 Å². The third kappa shape index (κ3) is 3.29. The summed E-state index contributed by atoms with van der Waals surface area (Å²) in [6, 6.07) is 4.85. The van der Waals surface area contributed by atoms with E-state index in [-0.39, 0.29) is 5.82 Å². The smallest absolute Gasteiger partial charge is 0.165 e. The third-order valence-electron chi connectivity index (χ3n) is 2.53. The van der Waals surface area contributed by atoms with E-state index in [9.17, 15) is 4.39 Å². The average molecular weight is 265 g/mol. The van der Waals surface area contributed by atoms with Gasteiger partial charge in [0.2, 0.25) is 0 Å². The van der Waals surface area contributed by atoms with Gasteiger partial charge in [0.25, 0.3) is 0 Å².